The molecule has 3 N–H and O–H groups in total. The first-order valence-corrected chi connectivity index (χ1v) is 7.99. The van der Waals surface area contributed by atoms with Crippen molar-refractivity contribution in [1.29, 1.82) is 0 Å². The van der Waals surface area contributed by atoms with Crippen LogP contribution in [0.2, 0.25) is 0 Å². The van der Waals surface area contributed by atoms with Gasteiger partial charge < -0.3 is 11.1 Å². The Morgan fingerprint density at radius 3 is 2.70 bits per heavy atom. The third kappa shape index (κ3) is 3.09. The Morgan fingerprint density at radius 2 is 1.96 bits per heavy atom. The van der Waals surface area contributed by atoms with E-state index in [1.165, 1.54) is 12.3 Å². The van der Waals surface area contributed by atoms with Crippen LogP contribution >= 0.6 is 0 Å². The average Bonchev–Trinajstić information content (AvgIpc) is 3.07. The van der Waals surface area contributed by atoms with Crippen LogP contribution in [0.5, 0.6) is 0 Å². The van der Waals surface area contributed by atoms with Crippen LogP contribution in [0.25, 0.3) is 22.8 Å². The number of nitrogens with two attached hydrogens (primary N) is 1. The number of nitrogens with zero attached hydrogens (tertiary/aromatic N) is 4. The van der Waals surface area contributed by atoms with E-state index in [1.54, 1.807) is 16.8 Å². The van der Waals surface area contributed by atoms with E-state index in [0.29, 0.717) is 30.2 Å². The molecule has 4 rings (SSSR count). The summed E-state index contributed by atoms with van der Waals surface area (Å²) in [4.78, 5) is 20.2. The molecule has 2 aromatic heterocycles. The Bertz CT molecular complexity index is 1040. The van der Waals surface area contributed by atoms with Gasteiger partial charge in [-0.1, -0.05) is 0 Å². The minimum absolute atomic E-state index is 0.0477. The van der Waals surface area contributed by atoms with Crippen LogP contribution in [-0.2, 0) is 12.7 Å². The highest BCUT2D eigenvalue weighted by molar-refractivity contribution is 5.94. The molecule has 1 aromatic carbocycles. The quantitative estimate of drug-likeness (QED) is 0.671. The second kappa shape index (κ2) is 6.08. The number of carbonyl (C=O) groups excluding carboxylic acids is 1. The number of hydrogen-bond acceptors (Lipinski definition) is 5. The maximum Gasteiger partial charge on any atom is 0.416 e. The molecule has 0 saturated heterocycles. The third-order valence-electron chi connectivity index (χ3n) is 4.16. The van der Waals surface area contributed by atoms with Crippen molar-refractivity contribution < 1.29 is 18.0 Å². The minimum atomic E-state index is -4.50. The number of alkyl halides is 3. The lowest BCUT2D eigenvalue weighted by atomic mass is 10.1. The van der Waals surface area contributed by atoms with Crippen LogP contribution in [0, 0.1) is 0 Å². The molecule has 10 heteroatoms. The van der Waals surface area contributed by atoms with E-state index in [9.17, 15) is 18.0 Å². The molecule has 3 aromatic rings. The van der Waals surface area contributed by atoms with Gasteiger partial charge in [0.1, 0.15) is 11.4 Å². The smallest absolute Gasteiger partial charge is 0.398 e. The summed E-state index contributed by atoms with van der Waals surface area (Å²) < 4.78 is 40.5. The number of rotatable bonds is 2. The van der Waals surface area contributed by atoms with Crippen LogP contribution in [0.3, 0.4) is 0 Å². The topological polar surface area (TPSA) is 98.7 Å². The molecule has 7 nitrogen and oxygen atoms in total. The normalized spacial score (nSPS) is 14.0. The van der Waals surface area contributed by atoms with E-state index in [2.05, 4.69) is 20.4 Å². The van der Waals surface area contributed by atoms with Crippen molar-refractivity contribution >= 4 is 11.6 Å². The Hall–Kier alpha value is -3.43. The highest BCUT2D eigenvalue weighted by atomic mass is 19.4. The van der Waals surface area contributed by atoms with Gasteiger partial charge in [0, 0.05) is 24.0 Å². The van der Waals surface area contributed by atoms with Gasteiger partial charge in [0.25, 0.3) is 5.91 Å². The van der Waals surface area contributed by atoms with E-state index in [-0.39, 0.29) is 23.0 Å². The Labute approximate surface area is 151 Å². The van der Waals surface area contributed by atoms with Crippen LogP contribution in [0.4, 0.5) is 18.9 Å². The standard InChI is InChI=1S/C17H13F3N6O/c18-17(19,20)9-1-2-11(21)10(7-9)15-22-4-3-12(24-15)13-8-14-16(27)23-5-6-26(14)25-13/h1-4,7-8H,5-6,21H2,(H,23,27). The molecule has 3 heterocycles. The van der Waals surface area contributed by atoms with Crippen molar-refractivity contribution in [2.75, 3.05) is 12.3 Å². The number of nitrogen functional groups attached to an aromatic ring is 1. The number of anilines is 1. The SMILES string of the molecule is Nc1ccc(C(F)(F)F)cc1-c1nccc(-c2cc3n(n2)CCNC3=O)n1. The van der Waals surface area contributed by atoms with Gasteiger partial charge in [-0.3, -0.25) is 9.48 Å². The summed E-state index contributed by atoms with van der Waals surface area (Å²) in [6, 6.07) is 6.15. The van der Waals surface area contributed by atoms with Gasteiger partial charge in [0.15, 0.2) is 5.82 Å². The average molecular weight is 374 g/mol. The van der Waals surface area contributed by atoms with E-state index >= 15 is 0 Å². The molecular weight excluding hydrogens is 361 g/mol. The van der Waals surface area contributed by atoms with Gasteiger partial charge in [-0.05, 0) is 30.3 Å². The molecule has 1 amide bonds. The van der Waals surface area contributed by atoms with Gasteiger partial charge in [-0.25, -0.2) is 9.97 Å². The molecule has 0 aliphatic carbocycles. The predicted molar refractivity (Wildman–Crippen MR) is 90.4 cm³/mol. The minimum Gasteiger partial charge on any atom is -0.398 e. The van der Waals surface area contributed by atoms with Crippen molar-refractivity contribution in [2.24, 2.45) is 0 Å². The lowest BCUT2D eigenvalue weighted by Crippen LogP contribution is -2.35. The number of benzene rings is 1. The zero-order valence-electron chi connectivity index (χ0n) is 13.8. The maximum absolute atomic E-state index is 13.0. The summed E-state index contributed by atoms with van der Waals surface area (Å²) in [6.07, 6.45) is -3.09. The van der Waals surface area contributed by atoms with E-state index in [1.807, 2.05) is 0 Å². The highest BCUT2D eigenvalue weighted by Crippen LogP contribution is 2.34. The van der Waals surface area contributed by atoms with Crippen molar-refractivity contribution in [2.45, 2.75) is 12.7 Å². The number of carbonyl (C=O) groups is 1. The van der Waals surface area contributed by atoms with Crippen molar-refractivity contribution in [3.05, 3.63) is 47.8 Å². The summed E-state index contributed by atoms with van der Waals surface area (Å²) in [5, 5.41) is 7.05. The number of aromatic nitrogens is 4. The molecule has 0 fully saturated rings. The summed E-state index contributed by atoms with van der Waals surface area (Å²) in [5.41, 5.74) is 6.40. The Balaban J connectivity index is 1.77. The highest BCUT2D eigenvalue weighted by Gasteiger charge is 2.31. The largest absolute Gasteiger partial charge is 0.416 e. The van der Waals surface area contributed by atoms with Crippen LogP contribution in [0.15, 0.2) is 36.5 Å². The van der Waals surface area contributed by atoms with Gasteiger partial charge in [-0.2, -0.15) is 18.3 Å². The lowest BCUT2D eigenvalue weighted by molar-refractivity contribution is -0.137. The van der Waals surface area contributed by atoms with E-state index in [0.717, 1.165) is 12.1 Å². The van der Waals surface area contributed by atoms with Crippen molar-refractivity contribution in [3.8, 4) is 22.8 Å². The van der Waals surface area contributed by atoms with Crippen molar-refractivity contribution in [1.82, 2.24) is 25.1 Å². The van der Waals surface area contributed by atoms with Gasteiger partial charge in [0.05, 0.1) is 17.8 Å². The summed E-state index contributed by atoms with van der Waals surface area (Å²) in [5.74, 6) is -0.192. The molecule has 0 radical (unpaired) electrons. The Kier molecular flexibility index (Phi) is 3.83. The number of halogens is 3. The lowest BCUT2D eigenvalue weighted by Gasteiger charge is -2.13. The molecule has 27 heavy (non-hydrogen) atoms. The first-order chi connectivity index (χ1) is 12.8. The Morgan fingerprint density at radius 1 is 1.15 bits per heavy atom. The van der Waals surface area contributed by atoms with Gasteiger partial charge >= 0.3 is 6.18 Å². The van der Waals surface area contributed by atoms with Gasteiger partial charge in [0.2, 0.25) is 0 Å². The first kappa shape index (κ1) is 17.0. The van der Waals surface area contributed by atoms with Crippen LogP contribution < -0.4 is 11.1 Å². The fraction of sp³-hybridized carbons (Fsp3) is 0.176. The number of nitrogens with one attached hydrogen (secondary N) is 1. The molecule has 1 aliphatic rings. The summed E-state index contributed by atoms with van der Waals surface area (Å²) in [6.45, 7) is 1.00. The summed E-state index contributed by atoms with van der Waals surface area (Å²) >= 11 is 0. The zero-order chi connectivity index (χ0) is 19.2. The molecule has 0 bridgehead atoms. The molecule has 0 saturated carbocycles. The second-order valence-electron chi connectivity index (χ2n) is 5.96. The molecule has 0 spiro atoms. The first-order valence-electron chi connectivity index (χ1n) is 7.99. The van der Waals surface area contributed by atoms with Crippen LogP contribution in [-0.4, -0.2) is 32.2 Å². The fourth-order valence-corrected chi connectivity index (χ4v) is 2.82. The number of fused-ring (bicyclic) bond motifs is 1. The fourth-order valence-electron chi connectivity index (χ4n) is 2.82. The molecule has 0 atom stereocenters. The molecule has 1 aliphatic heterocycles. The summed E-state index contributed by atoms with van der Waals surface area (Å²) in [7, 11) is 0. The molecular formula is C17H13F3N6O. The van der Waals surface area contributed by atoms with E-state index < -0.39 is 11.7 Å². The maximum atomic E-state index is 13.0. The predicted octanol–water partition coefficient (Wildman–Crippen LogP) is 2.35. The van der Waals surface area contributed by atoms with Crippen molar-refractivity contribution in [3.63, 3.8) is 0 Å². The third-order valence-corrected chi connectivity index (χ3v) is 4.16. The molecule has 0 unspecified atom stereocenters. The van der Waals surface area contributed by atoms with Gasteiger partial charge in [-0.15, -0.1) is 0 Å². The number of hydrogen-bond donors (Lipinski definition) is 2. The molecule has 138 valence electrons. The zero-order valence-corrected chi connectivity index (χ0v) is 13.8. The van der Waals surface area contributed by atoms with E-state index in [4.69, 9.17) is 5.73 Å². The second-order valence-corrected chi connectivity index (χ2v) is 5.96. The van der Waals surface area contributed by atoms with Crippen LogP contribution in [0.1, 0.15) is 16.1 Å². The monoisotopic (exact) mass is 374 g/mol. The number of amides is 1.